The third kappa shape index (κ3) is 3.35. The van der Waals surface area contributed by atoms with Crippen LogP contribution in [0.3, 0.4) is 0 Å². The van der Waals surface area contributed by atoms with Crippen LogP contribution in [0, 0.1) is 0 Å². The van der Waals surface area contributed by atoms with Gasteiger partial charge in [0.05, 0.1) is 0 Å². The van der Waals surface area contributed by atoms with Crippen LogP contribution >= 0.6 is 0 Å². The summed E-state index contributed by atoms with van der Waals surface area (Å²) in [7, 11) is 2.00. The molecule has 1 nitrogen and oxygen atoms in total. The monoisotopic (exact) mass is 205 g/mol. The lowest BCUT2D eigenvalue weighted by atomic mass is 9.86. The third-order valence-electron chi connectivity index (χ3n) is 2.86. The third-order valence-corrected chi connectivity index (χ3v) is 2.86. The smallest absolute Gasteiger partial charge is 0.00144 e. The highest BCUT2D eigenvalue weighted by Gasteiger charge is 2.13. The molecule has 1 unspecified atom stereocenters. The molecule has 0 fully saturated rings. The van der Waals surface area contributed by atoms with Gasteiger partial charge < -0.3 is 5.32 Å². The van der Waals surface area contributed by atoms with E-state index in [4.69, 9.17) is 0 Å². The number of nitrogens with one attached hydrogen (secondary N) is 1. The fraction of sp³-hybridized carbons (Fsp3) is 0.571. The molecule has 0 aliphatic heterocycles. The Bertz CT molecular complexity index is 292. The second-order valence-corrected chi connectivity index (χ2v) is 5.33. The summed E-state index contributed by atoms with van der Waals surface area (Å²) < 4.78 is 0. The van der Waals surface area contributed by atoms with Gasteiger partial charge in [-0.1, -0.05) is 52.0 Å². The molecule has 0 aromatic heterocycles. The lowest BCUT2D eigenvalue weighted by molar-refractivity contribution is 0.589. The molecule has 1 aromatic rings. The van der Waals surface area contributed by atoms with E-state index in [-0.39, 0.29) is 5.41 Å². The number of rotatable bonds is 3. The summed E-state index contributed by atoms with van der Waals surface area (Å²) in [5, 5.41) is 3.21. The second kappa shape index (κ2) is 4.80. The Morgan fingerprint density at radius 1 is 1.13 bits per heavy atom. The van der Waals surface area contributed by atoms with E-state index in [1.807, 2.05) is 7.05 Å². The SMILES string of the molecule is CNCC(C)c1ccc(C(C)(C)C)cc1. The standard InChI is InChI=1S/C14H23N/c1-11(10-15-5)12-6-8-13(9-7-12)14(2,3)4/h6-9,11,15H,10H2,1-5H3. The van der Waals surface area contributed by atoms with E-state index in [1.165, 1.54) is 11.1 Å². The molecule has 0 spiro atoms. The highest BCUT2D eigenvalue weighted by Crippen LogP contribution is 2.24. The van der Waals surface area contributed by atoms with E-state index in [1.54, 1.807) is 0 Å². The summed E-state index contributed by atoms with van der Waals surface area (Å²) in [5.74, 6) is 0.587. The van der Waals surface area contributed by atoms with E-state index in [0.717, 1.165) is 6.54 Å². The molecular weight excluding hydrogens is 182 g/mol. The summed E-state index contributed by atoms with van der Waals surface area (Å²) in [4.78, 5) is 0. The van der Waals surface area contributed by atoms with Gasteiger partial charge in [0.25, 0.3) is 0 Å². The molecule has 0 amide bonds. The van der Waals surface area contributed by atoms with Gasteiger partial charge in [-0.15, -0.1) is 0 Å². The van der Waals surface area contributed by atoms with Crippen LogP contribution in [-0.2, 0) is 5.41 Å². The Balaban J connectivity index is 2.81. The maximum Gasteiger partial charge on any atom is 0.00144 e. The Hall–Kier alpha value is -0.820. The van der Waals surface area contributed by atoms with Crippen LogP contribution < -0.4 is 5.32 Å². The van der Waals surface area contributed by atoms with Gasteiger partial charge >= 0.3 is 0 Å². The molecule has 1 N–H and O–H groups in total. The number of likely N-dealkylation sites (N-methyl/N-ethyl adjacent to an activating group) is 1. The molecule has 0 radical (unpaired) electrons. The van der Waals surface area contributed by atoms with Crippen LogP contribution in [0.15, 0.2) is 24.3 Å². The van der Waals surface area contributed by atoms with Gasteiger partial charge in [0.1, 0.15) is 0 Å². The minimum atomic E-state index is 0.255. The number of benzene rings is 1. The maximum atomic E-state index is 3.21. The van der Waals surface area contributed by atoms with Crippen LogP contribution in [0.2, 0.25) is 0 Å². The molecular formula is C14H23N. The van der Waals surface area contributed by atoms with Crippen molar-refractivity contribution in [2.24, 2.45) is 0 Å². The quantitative estimate of drug-likeness (QED) is 0.798. The lowest BCUT2D eigenvalue weighted by Crippen LogP contribution is -2.15. The van der Waals surface area contributed by atoms with E-state index >= 15 is 0 Å². The zero-order valence-corrected chi connectivity index (χ0v) is 10.6. The second-order valence-electron chi connectivity index (χ2n) is 5.33. The predicted molar refractivity (Wildman–Crippen MR) is 67.5 cm³/mol. The summed E-state index contributed by atoms with van der Waals surface area (Å²) in [6.07, 6.45) is 0. The molecule has 84 valence electrons. The van der Waals surface area contributed by atoms with Crippen molar-refractivity contribution >= 4 is 0 Å². The van der Waals surface area contributed by atoms with Gasteiger partial charge in [-0.2, -0.15) is 0 Å². The van der Waals surface area contributed by atoms with Crippen LogP contribution in [0.25, 0.3) is 0 Å². The van der Waals surface area contributed by atoms with Crippen LogP contribution in [0.4, 0.5) is 0 Å². The highest BCUT2D eigenvalue weighted by molar-refractivity contribution is 5.29. The highest BCUT2D eigenvalue weighted by atomic mass is 14.8. The fourth-order valence-corrected chi connectivity index (χ4v) is 1.74. The predicted octanol–water partition coefficient (Wildman–Crippen LogP) is 3.31. The van der Waals surface area contributed by atoms with Crippen molar-refractivity contribution in [3.63, 3.8) is 0 Å². The first kappa shape index (κ1) is 12.3. The van der Waals surface area contributed by atoms with Gasteiger partial charge in [-0.3, -0.25) is 0 Å². The van der Waals surface area contributed by atoms with E-state index < -0.39 is 0 Å². The largest absolute Gasteiger partial charge is 0.319 e. The van der Waals surface area contributed by atoms with Crippen molar-refractivity contribution in [1.29, 1.82) is 0 Å². The van der Waals surface area contributed by atoms with Crippen molar-refractivity contribution in [2.75, 3.05) is 13.6 Å². The summed E-state index contributed by atoms with van der Waals surface area (Å²) in [6, 6.07) is 9.01. The summed E-state index contributed by atoms with van der Waals surface area (Å²) in [5.41, 5.74) is 3.07. The number of hydrogen-bond acceptors (Lipinski definition) is 1. The molecule has 1 atom stereocenters. The molecule has 0 saturated heterocycles. The van der Waals surface area contributed by atoms with Crippen molar-refractivity contribution in [3.8, 4) is 0 Å². The van der Waals surface area contributed by atoms with E-state index in [9.17, 15) is 0 Å². The first-order chi connectivity index (χ1) is 6.95. The minimum Gasteiger partial charge on any atom is -0.319 e. The van der Waals surface area contributed by atoms with E-state index in [0.29, 0.717) is 5.92 Å². The van der Waals surface area contributed by atoms with Gasteiger partial charge in [0, 0.05) is 6.54 Å². The zero-order valence-electron chi connectivity index (χ0n) is 10.6. The molecule has 0 heterocycles. The molecule has 0 aliphatic rings. The average molecular weight is 205 g/mol. The molecule has 15 heavy (non-hydrogen) atoms. The maximum absolute atomic E-state index is 3.21. The average Bonchev–Trinajstić information content (AvgIpc) is 2.17. The van der Waals surface area contributed by atoms with Crippen LogP contribution in [-0.4, -0.2) is 13.6 Å². The first-order valence-electron chi connectivity index (χ1n) is 5.70. The molecule has 1 rings (SSSR count). The van der Waals surface area contributed by atoms with Crippen molar-refractivity contribution < 1.29 is 0 Å². The summed E-state index contributed by atoms with van der Waals surface area (Å²) >= 11 is 0. The van der Waals surface area contributed by atoms with Crippen molar-refractivity contribution in [2.45, 2.75) is 39.0 Å². The Kier molecular flexibility index (Phi) is 3.92. The minimum absolute atomic E-state index is 0.255. The lowest BCUT2D eigenvalue weighted by Gasteiger charge is -2.20. The van der Waals surface area contributed by atoms with Crippen LogP contribution in [0.1, 0.15) is 44.7 Å². The number of hydrogen-bond donors (Lipinski definition) is 1. The Morgan fingerprint density at radius 3 is 2.07 bits per heavy atom. The summed E-state index contributed by atoms with van der Waals surface area (Å²) in [6.45, 7) is 10.0. The van der Waals surface area contributed by atoms with Gasteiger partial charge in [0.2, 0.25) is 0 Å². The Labute approximate surface area is 93.9 Å². The molecule has 1 aromatic carbocycles. The molecule has 0 saturated carbocycles. The normalized spacial score (nSPS) is 13.9. The van der Waals surface area contributed by atoms with Crippen molar-refractivity contribution in [1.82, 2.24) is 5.32 Å². The topological polar surface area (TPSA) is 12.0 Å². The zero-order chi connectivity index (χ0) is 11.5. The first-order valence-corrected chi connectivity index (χ1v) is 5.70. The van der Waals surface area contributed by atoms with Gasteiger partial charge in [0.15, 0.2) is 0 Å². The molecule has 0 aliphatic carbocycles. The van der Waals surface area contributed by atoms with E-state index in [2.05, 4.69) is 57.3 Å². The molecule has 0 bridgehead atoms. The van der Waals surface area contributed by atoms with Gasteiger partial charge in [-0.05, 0) is 29.5 Å². The molecule has 1 heteroatoms. The Morgan fingerprint density at radius 2 is 1.67 bits per heavy atom. The fourth-order valence-electron chi connectivity index (χ4n) is 1.74. The van der Waals surface area contributed by atoms with Crippen LogP contribution in [0.5, 0.6) is 0 Å². The van der Waals surface area contributed by atoms with Crippen molar-refractivity contribution in [3.05, 3.63) is 35.4 Å². The van der Waals surface area contributed by atoms with Gasteiger partial charge in [-0.25, -0.2) is 0 Å².